The first-order valence-electron chi connectivity index (χ1n) is 14.8. The van der Waals surface area contributed by atoms with E-state index >= 15 is 0 Å². The van der Waals surface area contributed by atoms with Gasteiger partial charge in [0.2, 0.25) is 5.95 Å². The first kappa shape index (κ1) is 28.5. The number of halogens is 2. The molecule has 7 rings (SSSR count). The van der Waals surface area contributed by atoms with E-state index in [9.17, 15) is 18.7 Å². The Morgan fingerprint density at radius 3 is 2.50 bits per heavy atom. The molecule has 1 unspecified atom stereocenters. The van der Waals surface area contributed by atoms with Gasteiger partial charge >= 0.3 is 12.7 Å². The van der Waals surface area contributed by atoms with Crippen molar-refractivity contribution < 1.29 is 28.2 Å². The molecule has 2 fully saturated rings. The van der Waals surface area contributed by atoms with Gasteiger partial charge in [-0.2, -0.15) is 8.78 Å². The predicted octanol–water partition coefficient (Wildman–Crippen LogP) is 5.33. The minimum atomic E-state index is -2.96. The maximum atomic E-state index is 13.2. The minimum absolute atomic E-state index is 0.0604. The molecular formula is C32H34F2N6O4. The molecule has 2 saturated heterocycles. The van der Waals surface area contributed by atoms with Crippen LogP contribution in [0.15, 0.2) is 55.0 Å². The third kappa shape index (κ3) is 4.90. The van der Waals surface area contributed by atoms with Crippen LogP contribution < -0.4 is 9.64 Å². The number of pyridine rings is 1. The number of rotatable bonds is 5. The van der Waals surface area contributed by atoms with Crippen molar-refractivity contribution >= 4 is 17.7 Å². The Hall–Kier alpha value is -4.32. The highest BCUT2D eigenvalue weighted by Crippen LogP contribution is 2.49. The molecule has 1 N–H and O–H groups in total. The van der Waals surface area contributed by atoms with Crippen LogP contribution in [0.1, 0.15) is 63.4 Å². The normalized spacial score (nSPS) is 24.4. The zero-order valence-electron chi connectivity index (χ0n) is 24.9. The summed E-state index contributed by atoms with van der Waals surface area (Å²) in [6.07, 6.45) is 6.32. The average molecular weight is 605 g/mol. The summed E-state index contributed by atoms with van der Waals surface area (Å²) in [5, 5.41) is 11.3. The van der Waals surface area contributed by atoms with Gasteiger partial charge in [0.1, 0.15) is 22.6 Å². The van der Waals surface area contributed by atoms with E-state index in [-0.39, 0.29) is 30.3 Å². The summed E-state index contributed by atoms with van der Waals surface area (Å²) < 4.78 is 38.8. The van der Waals surface area contributed by atoms with Crippen LogP contribution in [0.5, 0.6) is 5.75 Å². The van der Waals surface area contributed by atoms with Crippen LogP contribution >= 0.6 is 0 Å². The molecule has 5 heterocycles. The van der Waals surface area contributed by atoms with Crippen molar-refractivity contribution in [3.05, 3.63) is 71.9 Å². The minimum Gasteiger partial charge on any atom is -0.444 e. The van der Waals surface area contributed by atoms with Crippen LogP contribution in [-0.2, 0) is 10.3 Å². The maximum absolute atomic E-state index is 13.2. The van der Waals surface area contributed by atoms with Crippen molar-refractivity contribution in [3.8, 4) is 16.9 Å². The Morgan fingerprint density at radius 1 is 1.07 bits per heavy atom. The molecule has 10 nitrogen and oxygen atoms in total. The lowest BCUT2D eigenvalue weighted by Crippen LogP contribution is -2.50. The summed E-state index contributed by atoms with van der Waals surface area (Å²) in [7, 11) is 0. The van der Waals surface area contributed by atoms with Gasteiger partial charge in [0.25, 0.3) is 0 Å². The topological polar surface area (TPSA) is 105 Å². The van der Waals surface area contributed by atoms with E-state index in [1.807, 2.05) is 48.4 Å². The highest BCUT2D eigenvalue weighted by atomic mass is 19.3. The number of aromatic nitrogens is 4. The van der Waals surface area contributed by atoms with Gasteiger partial charge in [0, 0.05) is 54.3 Å². The molecule has 3 aliphatic rings. The molecular weight excluding hydrogens is 570 g/mol. The number of ether oxygens (including phenoxy) is 2. The molecule has 1 aromatic carbocycles. The van der Waals surface area contributed by atoms with Crippen LogP contribution in [0.3, 0.4) is 0 Å². The van der Waals surface area contributed by atoms with Gasteiger partial charge in [-0.1, -0.05) is 18.2 Å². The Kier molecular flexibility index (Phi) is 6.54. The lowest BCUT2D eigenvalue weighted by atomic mass is 9.93. The summed E-state index contributed by atoms with van der Waals surface area (Å²) in [6, 6.07) is 10.7. The van der Waals surface area contributed by atoms with E-state index in [4.69, 9.17) is 14.5 Å². The van der Waals surface area contributed by atoms with Gasteiger partial charge in [0.05, 0.1) is 23.5 Å². The van der Waals surface area contributed by atoms with Gasteiger partial charge in [-0.05, 0) is 58.7 Å². The zero-order chi connectivity index (χ0) is 31.0. The number of carbonyl (C=O) groups is 1. The molecule has 230 valence electrons. The van der Waals surface area contributed by atoms with E-state index in [2.05, 4.69) is 14.9 Å². The number of alkyl halides is 2. The molecule has 44 heavy (non-hydrogen) atoms. The third-order valence-electron chi connectivity index (χ3n) is 8.70. The van der Waals surface area contributed by atoms with Crippen molar-refractivity contribution in [1.82, 2.24) is 24.3 Å². The van der Waals surface area contributed by atoms with E-state index in [0.717, 1.165) is 23.2 Å². The number of para-hydroxylation sites is 1. The molecule has 1 amide bonds. The van der Waals surface area contributed by atoms with Crippen LogP contribution in [0.4, 0.5) is 19.5 Å². The van der Waals surface area contributed by atoms with E-state index in [1.54, 1.807) is 37.5 Å². The number of fused-ring (bicyclic) bond motifs is 5. The van der Waals surface area contributed by atoms with Gasteiger partial charge in [-0.15, -0.1) is 0 Å². The van der Waals surface area contributed by atoms with Crippen LogP contribution in [0.25, 0.3) is 16.8 Å². The smallest absolute Gasteiger partial charge is 0.410 e. The number of piperazine rings is 1. The van der Waals surface area contributed by atoms with Gasteiger partial charge in [0.15, 0.2) is 0 Å². The average Bonchev–Trinajstić information content (AvgIpc) is 3.72. The fourth-order valence-corrected chi connectivity index (χ4v) is 6.86. The molecule has 3 aromatic heterocycles. The number of imidazole rings is 1. The molecule has 1 aliphatic carbocycles. The van der Waals surface area contributed by atoms with Crippen molar-refractivity contribution in [2.24, 2.45) is 0 Å². The number of amides is 1. The quantitative estimate of drug-likeness (QED) is 0.326. The van der Waals surface area contributed by atoms with Gasteiger partial charge in [-0.25, -0.2) is 19.7 Å². The number of aliphatic hydroxyl groups is 1. The summed E-state index contributed by atoms with van der Waals surface area (Å²) in [5.74, 6) is 0.280. The Labute approximate surface area is 253 Å². The largest absolute Gasteiger partial charge is 0.444 e. The summed E-state index contributed by atoms with van der Waals surface area (Å²) >= 11 is 0. The number of nitrogens with zero attached hydrogens (tertiary/aromatic N) is 6. The molecule has 4 aromatic rings. The summed E-state index contributed by atoms with van der Waals surface area (Å²) in [4.78, 5) is 30.7. The standard InChI is InChI=1S/C32H34F2N6O4/c1-31(2,3)44-30(41)39-17-20-11-21(39)16-38(20)29-35-13-19(14-36-29)18-9-10-25-37-27-26(40(25)15-18)23(12-32(27,4)42)22-7-5-6-8-24(22)43-28(33)34/h5-10,13-15,20-21,23,28,42H,11-12,16-17H2,1-4H3/t20-,21-,23+,32?/m0/s1. The SMILES string of the molecule is CC(C)(C)OC(=O)N1C[C@@H]2C[C@H]1CN2c1ncc(-c2ccc3nc4c(n3c2)[C@@H](c2ccccc2OC(F)F)CC4(C)O)cn1. The van der Waals surface area contributed by atoms with Crippen LogP contribution in [-0.4, -0.2) is 72.8 Å². The van der Waals surface area contributed by atoms with Crippen molar-refractivity contribution in [2.75, 3.05) is 18.0 Å². The Morgan fingerprint density at radius 2 is 1.82 bits per heavy atom. The van der Waals surface area contributed by atoms with Crippen LogP contribution in [0, 0.1) is 0 Å². The van der Waals surface area contributed by atoms with Gasteiger partial charge < -0.3 is 28.8 Å². The summed E-state index contributed by atoms with van der Waals surface area (Å²) in [5.41, 5.74) is 2.30. The molecule has 2 aliphatic heterocycles. The Balaban J connectivity index is 1.15. The lowest BCUT2D eigenvalue weighted by Gasteiger charge is -2.35. The molecule has 0 saturated carbocycles. The second-order valence-corrected chi connectivity index (χ2v) is 13.0. The molecule has 2 bridgehead atoms. The monoisotopic (exact) mass is 604 g/mol. The highest BCUT2D eigenvalue weighted by Gasteiger charge is 2.48. The van der Waals surface area contributed by atoms with Crippen molar-refractivity contribution in [2.45, 2.75) is 76.4 Å². The van der Waals surface area contributed by atoms with Crippen molar-refractivity contribution in [3.63, 3.8) is 0 Å². The second-order valence-electron chi connectivity index (χ2n) is 13.0. The Bertz CT molecular complexity index is 1740. The first-order valence-corrected chi connectivity index (χ1v) is 14.8. The maximum Gasteiger partial charge on any atom is 0.410 e. The predicted molar refractivity (Wildman–Crippen MR) is 158 cm³/mol. The number of carbonyl (C=O) groups excluding carboxylic acids is 1. The summed E-state index contributed by atoms with van der Waals surface area (Å²) in [6.45, 7) is 5.55. The number of hydrogen-bond acceptors (Lipinski definition) is 8. The fourth-order valence-electron chi connectivity index (χ4n) is 6.86. The van der Waals surface area contributed by atoms with E-state index in [1.165, 1.54) is 6.07 Å². The van der Waals surface area contributed by atoms with Crippen molar-refractivity contribution in [1.29, 1.82) is 0 Å². The van der Waals surface area contributed by atoms with Gasteiger partial charge in [-0.3, -0.25) is 0 Å². The molecule has 0 spiro atoms. The first-order chi connectivity index (χ1) is 20.9. The number of benzene rings is 1. The third-order valence-corrected chi connectivity index (χ3v) is 8.70. The molecule has 4 atom stereocenters. The molecule has 0 radical (unpaired) electrons. The lowest BCUT2D eigenvalue weighted by molar-refractivity contribution is -0.0506. The molecule has 12 heteroatoms. The number of anilines is 1. The zero-order valence-corrected chi connectivity index (χ0v) is 24.9. The highest BCUT2D eigenvalue weighted by molar-refractivity contribution is 5.70. The second kappa shape index (κ2) is 10.1. The number of likely N-dealkylation sites (tertiary alicyclic amines) is 1. The number of hydrogen-bond donors (Lipinski definition) is 1. The fraction of sp³-hybridized carbons (Fsp3) is 0.438. The van der Waals surface area contributed by atoms with E-state index < -0.39 is 23.7 Å². The van der Waals surface area contributed by atoms with E-state index in [0.29, 0.717) is 35.9 Å². The van der Waals surface area contributed by atoms with Crippen LogP contribution in [0.2, 0.25) is 0 Å².